The van der Waals surface area contributed by atoms with Crippen molar-refractivity contribution in [2.75, 3.05) is 7.05 Å². The molecule has 0 saturated carbocycles. The summed E-state index contributed by atoms with van der Waals surface area (Å²) in [6, 6.07) is 1.39. The number of halogens is 2. The quantitative estimate of drug-likeness (QED) is 0.662. The van der Waals surface area contributed by atoms with Crippen LogP contribution in [0.5, 0.6) is 0 Å². The van der Waals surface area contributed by atoms with E-state index in [1.807, 2.05) is 0 Å². The highest BCUT2D eigenvalue weighted by atomic mass is 19.1. The van der Waals surface area contributed by atoms with Crippen molar-refractivity contribution in [3.63, 3.8) is 0 Å². The van der Waals surface area contributed by atoms with Gasteiger partial charge in [-0.05, 0) is 25.2 Å². The van der Waals surface area contributed by atoms with E-state index in [4.69, 9.17) is 5.11 Å². The van der Waals surface area contributed by atoms with Gasteiger partial charge in [0, 0.05) is 12.1 Å². The summed E-state index contributed by atoms with van der Waals surface area (Å²) in [5.74, 6) is -3.49. The molecule has 7 heteroatoms. The van der Waals surface area contributed by atoms with Gasteiger partial charge in [0.15, 0.2) is 6.04 Å². The third-order valence-electron chi connectivity index (χ3n) is 2.26. The fraction of sp³-hybridized carbons (Fsp3) is 0.273. The van der Waals surface area contributed by atoms with Gasteiger partial charge in [-0.2, -0.15) is 0 Å². The molecule has 0 bridgehead atoms. The van der Waals surface area contributed by atoms with Crippen LogP contribution in [0.25, 0.3) is 0 Å². The van der Waals surface area contributed by atoms with E-state index in [0.717, 1.165) is 18.2 Å². The highest BCUT2D eigenvalue weighted by Gasteiger charge is 2.23. The molecule has 1 aromatic carbocycles. The number of hydrogen-bond donors (Lipinski definition) is 3. The number of carboxylic acid groups (broad SMARTS) is 1. The summed E-state index contributed by atoms with van der Waals surface area (Å²) < 4.78 is 26.1. The fourth-order valence-corrected chi connectivity index (χ4v) is 1.33. The molecule has 1 aromatic rings. The van der Waals surface area contributed by atoms with Gasteiger partial charge in [0.25, 0.3) is 0 Å². The van der Waals surface area contributed by atoms with Crippen LogP contribution in [-0.2, 0) is 16.1 Å². The Labute approximate surface area is 102 Å². The summed E-state index contributed by atoms with van der Waals surface area (Å²) in [5, 5.41) is 13.2. The minimum absolute atomic E-state index is 0.0522. The second-order valence-corrected chi connectivity index (χ2v) is 3.51. The Morgan fingerprint density at radius 2 is 2.06 bits per heavy atom. The van der Waals surface area contributed by atoms with Gasteiger partial charge in [-0.15, -0.1) is 0 Å². The van der Waals surface area contributed by atoms with E-state index in [-0.39, 0.29) is 12.1 Å². The monoisotopic (exact) mass is 258 g/mol. The van der Waals surface area contributed by atoms with Crippen molar-refractivity contribution in [3.8, 4) is 0 Å². The molecule has 0 fully saturated rings. The van der Waals surface area contributed by atoms with Crippen LogP contribution in [0.2, 0.25) is 0 Å². The summed E-state index contributed by atoms with van der Waals surface area (Å²) in [7, 11) is 1.31. The van der Waals surface area contributed by atoms with Crippen LogP contribution in [0.3, 0.4) is 0 Å². The molecule has 18 heavy (non-hydrogen) atoms. The smallest absolute Gasteiger partial charge is 0.330 e. The van der Waals surface area contributed by atoms with Gasteiger partial charge < -0.3 is 10.4 Å². The normalized spacial score (nSPS) is 11.9. The SMILES string of the molecule is CNC(C(=O)O)C(=O)NCc1cc(F)ccc1F. The van der Waals surface area contributed by atoms with Crippen LogP contribution >= 0.6 is 0 Å². The average molecular weight is 258 g/mol. The number of likely N-dealkylation sites (N-methyl/N-ethyl adjacent to an activating group) is 1. The standard InChI is InChI=1S/C11H12F2N2O3/c1-14-9(11(17)18)10(16)15-5-6-4-7(12)2-3-8(6)13/h2-4,9,14H,5H2,1H3,(H,15,16)(H,17,18). The summed E-state index contributed by atoms with van der Waals surface area (Å²) in [5.41, 5.74) is -0.0522. The number of carbonyl (C=O) groups is 2. The Morgan fingerprint density at radius 1 is 1.39 bits per heavy atom. The van der Waals surface area contributed by atoms with Crippen LogP contribution in [0.4, 0.5) is 8.78 Å². The first-order valence-corrected chi connectivity index (χ1v) is 5.07. The number of carboxylic acids is 1. The van der Waals surface area contributed by atoms with E-state index in [1.165, 1.54) is 7.05 Å². The third-order valence-corrected chi connectivity index (χ3v) is 2.26. The third kappa shape index (κ3) is 3.49. The lowest BCUT2D eigenvalue weighted by atomic mass is 10.2. The van der Waals surface area contributed by atoms with Crippen LogP contribution in [0.15, 0.2) is 18.2 Å². The number of carbonyl (C=O) groups excluding carboxylic acids is 1. The van der Waals surface area contributed by atoms with Gasteiger partial charge in [-0.1, -0.05) is 0 Å². The van der Waals surface area contributed by atoms with Crippen molar-refractivity contribution in [1.29, 1.82) is 0 Å². The first kappa shape index (κ1) is 14.0. The molecule has 3 N–H and O–H groups in total. The summed E-state index contributed by atoms with van der Waals surface area (Å²) >= 11 is 0. The van der Waals surface area contributed by atoms with Gasteiger partial charge in [-0.3, -0.25) is 10.1 Å². The molecule has 1 atom stereocenters. The minimum atomic E-state index is -1.43. The summed E-state index contributed by atoms with van der Waals surface area (Å²) in [4.78, 5) is 22.1. The average Bonchev–Trinajstić information content (AvgIpc) is 2.30. The van der Waals surface area contributed by atoms with Crippen LogP contribution < -0.4 is 10.6 Å². The predicted molar refractivity (Wildman–Crippen MR) is 58.7 cm³/mol. The Balaban J connectivity index is 2.67. The van der Waals surface area contributed by atoms with Gasteiger partial charge in [0.1, 0.15) is 11.6 Å². The van der Waals surface area contributed by atoms with Gasteiger partial charge in [-0.25, -0.2) is 13.6 Å². The van der Waals surface area contributed by atoms with Gasteiger partial charge in [0.05, 0.1) is 0 Å². The molecule has 0 heterocycles. The Kier molecular flexibility index (Phi) is 4.73. The molecule has 0 aliphatic rings. The zero-order valence-electron chi connectivity index (χ0n) is 9.54. The number of rotatable bonds is 5. The maximum Gasteiger partial charge on any atom is 0.330 e. The topological polar surface area (TPSA) is 78.4 Å². The van der Waals surface area contributed by atoms with Crippen LogP contribution in [-0.4, -0.2) is 30.1 Å². The lowest BCUT2D eigenvalue weighted by Crippen LogP contribution is -2.47. The van der Waals surface area contributed by atoms with E-state index in [1.54, 1.807) is 0 Å². The zero-order chi connectivity index (χ0) is 13.7. The molecular formula is C11H12F2N2O3. The number of amides is 1. The molecule has 0 spiro atoms. The van der Waals surface area contributed by atoms with E-state index < -0.39 is 29.6 Å². The number of nitrogens with one attached hydrogen (secondary N) is 2. The molecule has 0 radical (unpaired) electrons. The van der Waals surface area contributed by atoms with Crippen molar-refractivity contribution in [2.24, 2.45) is 0 Å². The molecule has 5 nitrogen and oxygen atoms in total. The van der Waals surface area contributed by atoms with Crippen LogP contribution in [0.1, 0.15) is 5.56 Å². The Morgan fingerprint density at radius 3 is 2.61 bits per heavy atom. The molecule has 1 unspecified atom stereocenters. The first-order chi connectivity index (χ1) is 8.45. The van der Waals surface area contributed by atoms with Crippen molar-refractivity contribution in [2.45, 2.75) is 12.6 Å². The van der Waals surface area contributed by atoms with Crippen molar-refractivity contribution < 1.29 is 23.5 Å². The molecule has 0 aliphatic carbocycles. The second kappa shape index (κ2) is 6.06. The number of hydrogen-bond acceptors (Lipinski definition) is 3. The lowest BCUT2D eigenvalue weighted by molar-refractivity contribution is -0.143. The van der Waals surface area contributed by atoms with Gasteiger partial charge in [0.2, 0.25) is 5.91 Å². The summed E-state index contributed by atoms with van der Waals surface area (Å²) in [6.07, 6.45) is 0. The van der Waals surface area contributed by atoms with E-state index in [2.05, 4.69) is 10.6 Å². The molecule has 0 aromatic heterocycles. The molecular weight excluding hydrogens is 246 g/mol. The highest BCUT2D eigenvalue weighted by molar-refractivity contribution is 6.01. The van der Waals surface area contributed by atoms with E-state index in [9.17, 15) is 18.4 Å². The Hall–Kier alpha value is -2.02. The van der Waals surface area contributed by atoms with Crippen molar-refractivity contribution >= 4 is 11.9 Å². The molecule has 0 saturated heterocycles. The summed E-state index contributed by atoms with van der Waals surface area (Å²) in [6.45, 7) is -0.284. The fourth-order valence-electron chi connectivity index (χ4n) is 1.33. The second-order valence-electron chi connectivity index (χ2n) is 3.51. The van der Waals surface area contributed by atoms with E-state index >= 15 is 0 Å². The van der Waals surface area contributed by atoms with Crippen molar-refractivity contribution in [1.82, 2.24) is 10.6 Å². The first-order valence-electron chi connectivity index (χ1n) is 5.07. The largest absolute Gasteiger partial charge is 0.480 e. The maximum absolute atomic E-state index is 13.2. The highest BCUT2D eigenvalue weighted by Crippen LogP contribution is 2.09. The zero-order valence-corrected chi connectivity index (χ0v) is 9.54. The van der Waals surface area contributed by atoms with E-state index in [0.29, 0.717) is 0 Å². The molecule has 98 valence electrons. The van der Waals surface area contributed by atoms with Crippen LogP contribution in [0, 0.1) is 11.6 Å². The number of aliphatic carboxylic acids is 1. The minimum Gasteiger partial charge on any atom is -0.480 e. The maximum atomic E-state index is 13.2. The molecule has 0 aliphatic heterocycles. The Bertz CT molecular complexity index is 466. The lowest BCUT2D eigenvalue weighted by Gasteiger charge is -2.12. The molecule has 1 amide bonds. The molecule has 1 rings (SSSR count). The van der Waals surface area contributed by atoms with Crippen molar-refractivity contribution in [3.05, 3.63) is 35.4 Å². The van der Waals surface area contributed by atoms with Gasteiger partial charge >= 0.3 is 5.97 Å². The predicted octanol–water partition coefficient (Wildman–Crippen LogP) is 0.254. The number of benzene rings is 1.